The van der Waals surface area contributed by atoms with Crippen molar-refractivity contribution in [3.8, 4) is 0 Å². The van der Waals surface area contributed by atoms with Crippen LogP contribution in [0.25, 0.3) is 0 Å². The lowest BCUT2D eigenvalue weighted by Gasteiger charge is -2.28. The Morgan fingerprint density at radius 2 is 1.58 bits per heavy atom. The molecule has 0 aliphatic heterocycles. The van der Waals surface area contributed by atoms with Gasteiger partial charge in [-0.25, -0.2) is 0 Å². The molecule has 0 spiro atoms. The zero-order chi connectivity index (χ0) is 13.7. The summed E-state index contributed by atoms with van der Waals surface area (Å²) >= 11 is 0. The fourth-order valence-electron chi connectivity index (χ4n) is 2.87. The van der Waals surface area contributed by atoms with Crippen molar-refractivity contribution in [1.82, 2.24) is 5.32 Å². The monoisotopic (exact) mass is 253 g/mol. The minimum absolute atomic E-state index is 0.369. The molecule has 0 aliphatic rings. The fourth-order valence-corrected chi connectivity index (χ4v) is 2.87. The van der Waals surface area contributed by atoms with E-state index < -0.39 is 0 Å². The quantitative estimate of drug-likeness (QED) is 0.830. The van der Waals surface area contributed by atoms with Crippen LogP contribution in [0.1, 0.15) is 42.0 Å². The van der Waals surface area contributed by atoms with Gasteiger partial charge in [-0.05, 0) is 37.1 Å². The summed E-state index contributed by atoms with van der Waals surface area (Å²) in [7, 11) is 2.06. The van der Waals surface area contributed by atoms with Crippen LogP contribution in [0.3, 0.4) is 0 Å². The van der Waals surface area contributed by atoms with Gasteiger partial charge in [0.1, 0.15) is 0 Å². The molecule has 1 nitrogen and oxygen atoms in total. The average Bonchev–Trinajstić information content (AvgIpc) is 2.46. The van der Waals surface area contributed by atoms with Crippen LogP contribution >= 0.6 is 0 Å². The average molecular weight is 253 g/mol. The van der Waals surface area contributed by atoms with Gasteiger partial charge in [0.2, 0.25) is 0 Å². The van der Waals surface area contributed by atoms with Crippen molar-refractivity contribution >= 4 is 0 Å². The lowest BCUT2D eigenvalue weighted by molar-refractivity contribution is 0.466. The molecule has 0 radical (unpaired) electrons. The molecular weight excluding hydrogens is 230 g/mol. The third-order valence-corrected chi connectivity index (χ3v) is 3.90. The van der Waals surface area contributed by atoms with Gasteiger partial charge in [-0.1, -0.05) is 61.5 Å². The highest BCUT2D eigenvalue weighted by atomic mass is 14.9. The highest BCUT2D eigenvalue weighted by Crippen LogP contribution is 2.34. The van der Waals surface area contributed by atoms with Crippen LogP contribution in [-0.2, 0) is 0 Å². The Bertz CT molecular complexity index is 504. The Balaban J connectivity index is 2.38. The van der Waals surface area contributed by atoms with Crippen LogP contribution in [0.4, 0.5) is 0 Å². The van der Waals surface area contributed by atoms with Crippen LogP contribution in [-0.4, -0.2) is 7.05 Å². The number of rotatable bonds is 5. The van der Waals surface area contributed by atoms with Crippen molar-refractivity contribution in [2.45, 2.75) is 32.2 Å². The highest BCUT2D eigenvalue weighted by molar-refractivity contribution is 5.33. The van der Waals surface area contributed by atoms with Crippen molar-refractivity contribution < 1.29 is 0 Å². The molecule has 0 aliphatic carbocycles. The fraction of sp³-hybridized carbons (Fsp3) is 0.333. The topological polar surface area (TPSA) is 12.0 Å². The van der Waals surface area contributed by atoms with Gasteiger partial charge in [0.15, 0.2) is 0 Å². The largest absolute Gasteiger partial charge is 0.312 e. The Hall–Kier alpha value is -1.60. The third kappa shape index (κ3) is 3.05. The summed E-state index contributed by atoms with van der Waals surface area (Å²) in [5.41, 5.74) is 4.17. The van der Waals surface area contributed by atoms with Crippen LogP contribution < -0.4 is 5.32 Å². The van der Waals surface area contributed by atoms with Gasteiger partial charge < -0.3 is 5.32 Å². The molecule has 1 N–H and O–H groups in total. The van der Waals surface area contributed by atoms with Crippen LogP contribution in [0.5, 0.6) is 0 Å². The summed E-state index contributed by atoms with van der Waals surface area (Å²) in [5, 5.41) is 3.51. The third-order valence-electron chi connectivity index (χ3n) is 3.90. The van der Waals surface area contributed by atoms with E-state index in [-0.39, 0.29) is 0 Å². The molecule has 2 atom stereocenters. The maximum absolute atomic E-state index is 3.51. The molecule has 100 valence electrons. The standard InChI is InChI=1S/C18H23N/c1-4-16(15-11-6-5-7-12-15)18(19-3)17-13-9-8-10-14(17)2/h5-13,16,18-19H,4H2,1-3H3. The number of nitrogens with one attached hydrogen (secondary N) is 1. The molecule has 2 aromatic rings. The molecule has 2 aromatic carbocycles. The predicted octanol–water partition coefficient (Wildman–Crippen LogP) is 4.45. The number of hydrogen-bond acceptors (Lipinski definition) is 1. The maximum atomic E-state index is 3.51. The molecule has 0 fully saturated rings. The Kier molecular flexibility index (Phi) is 4.75. The first-order chi connectivity index (χ1) is 9.27. The van der Waals surface area contributed by atoms with Gasteiger partial charge in [-0.3, -0.25) is 0 Å². The van der Waals surface area contributed by atoms with E-state index in [9.17, 15) is 0 Å². The molecule has 2 rings (SSSR count). The van der Waals surface area contributed by atoms with Crippen molar-refractivity contribution in [3.63, 3.8) is 0 Å². The molecule has 0 saturated heterocycles. The van der Waals surface area contributed by atoms with Crippen LogP contribution in [0.15, 0.2) is 54.6 Å². The van der Waals surface area contributed by atoms with Gasteiger partial charge >= 0.3 is 0 Å². The van der Waals surface area contributed by atoms with E-state index in [1.165, 1.54) is 16.7 Å². The minimum atomic E-state index is 0.369. The smallest absolute Gasteiger partial charge is 0.0389 e. The Morgan fingerprint density at radius 3 is 2.16 bits per heavy atom. The lowest BCUT2D eigenvalue weighted by Crippen LogP contribution is -2.24. The van der Waals surface area contributed by atoms with Gasteiger partial charge in [0, 0.05) is 12.0 Å². The first-order valence-electron chi connectivity index (χ1n) is 7.05. The summed E-state index contributed by atoms with van der Waals surface area (Å²) < 4.78 is 0. The van der Waals surface area contributed by atoms with E-state index in [2.05, 4.69) is 80.8 Å². The number of hydrogen-bond donors (Lipinski definition) is 1. The van der Waals surface area contributed by atoms with Gasteiger partial charge in [-0.15, -0.1) is 0 Å². The number of benzene rings is 2. The second-order valence-electron chi connectivity index (χ2n) is 5.05. The summed E-state index contributed by atoms with van der Waals surface area (Å²) in [4.78, 5) is 0. The first kappa shape index (κ1) is 13.8. The summed E-state index contributed by atoms with van der Waals surface area (Å²) in [5.74, 6) is 0.507. The summed E-state index contributed by atoms with van der Waals surface area (Å²) in [6.45, 7) is 4.46. The van der Waals surface area contributed by atoms with E-state index in [1.54, 1.807) is 0 Å². The van der Waals surface area contributed by atoms with Gasteiger partial charge in [0.05, 0.1) is 0 Å². The summed E-state index contributed by atoms with van der Waals surface area (Å²) in [6.07, 6.45) is 1.13. The summed E-state index contributed by atoms with van der Waals surface area (Å²) in [6, 6.07) is 19.8. The van der Waals surface area contributed by atoms with Crippen molar-refractivity contribution in [2.75, 3.05) is 7.05 Å². The Labute approximate surface area is 116 Å². The number of aryl methyl sites for hydroxylation is 1. The van der Waals surface area contributed by atoms with Crippen molar-refractivity contribution in [3.05, 3.63) is 71.3 Å². The molecule has 19 heavy (non-hydrogen) atoms. The minimum Gasteiger partial charge on any atom is -0.312 e. The van der Waals surface area contributed by atoms with E-state index in [4.69, 9.17) is 0 Å². The molecule has 0 amide bonds. The SMILES string of the molecule is CCC(c1ccccc1)C(NC)c1ccccc1C. The predicted molar refractivity (Wildman–Crippen MR) is 82.5 cm³/mol. The van der Waals surface area contributed by atoms with E-state index in [0.29, 0.717) is 12.0 Å². The zero-order valence-electron chi connectivity index (χ0n) is 12.1. The highest BCUT2D eigenvalue weighted by Gasteiger charge is 2.22. The van der Waals surface area contributed by atoms with Crippen molar-refractivity contribution in [2.24, 2.45) is 0 Å². The molecule has 2 unspecified atom stereocenters. The van der Waals surface area contributed by atoms with Gasteiger partial charge in [-0.2, -0.15) is 0 Å². The van der Waals surface area contributed by atoms with E-state index >= 15 is 0 Å². The Morgan fingerprint density at radius 1 is 0.947 bits per heavy atom. The maximum Gasteiger partial charge on any atom is 0.0389 e. The molecular formula is C18H23N. The zero-order valence-corrected chi connectivity index (χ0v) is 12.1. The van der Waals surface area contributed by atoms with Crippen LogP contribution in [0, 0.1) is 6.92 Å². The molecule has 0 heterocycles. The molecule has 0 bridgehead atoms. The van der Waals surface area contributed by atoms with E-state index in [0.717, 1.165) is 6.42 Å². The molecule has 1 heteroatoms. The number of likely N-dealkylation sites (N-methyl/N-ethyl adjacent to an activating group) is 1. The first-order valence-corrected chi connectivity index (χ1v) is 7.05. The van der Waals surface area contributed by atoms with E-state index in [1.807, 2.05) is 0 Å². The van der Waals surface area contributed by atoms with Gasteiger partial charge in [0.25, 0.3) is 0 Å². The van der Waals surface area contributed by atoms with Crippen LogP contribution in [0.2, 0.25) is 0 Å². The lowest BCUT2D eigenvalue weighted by atomic mass is 9.84. The second-order valence-corrected chi connectivity index (χ2v) is 5.05. The molecule has 0 aromatic heterocycles. The normalized spacial score (nSPS) is 14.1. The molecule has 0 saturated carbocycles. The van der Waals surface area contributed by atoms with Crippen molar-refractivity contribution in [1.29, 1.82) is 0 Å². The second kappa shape index (κ2) is 6.53.